The molecule has 156 valence electrons. The molecule has 5 nitrogen and oxygen atoms in total. The number of aromatic nitrogens is 1. The third-order valence-electron chi connectivity index (χ3n) is 5.11. The molecule has 4 rings (SSSR count). The standard InChI is InChI=1S/C26H23NO4/c1-4-30-21-12-10-20(11-13-21)27-17(2)25(26(29)19-8-6-5-7-9-19)23-16-22(31-18(3)28)14-15-24(23)27/h5-16H,4H2,1-3H3. The molecule has 4 aromatic rings. The second-order valence-corrected chi connectivity index (χ2v) is 7.19. The van der Waals surface area contributed by atoms with Gasteiger partial charge in [0.05, 0.1) is 17.7 Å². The minimum atomic E-state index is -0.405. The summed E-state index contributed by atoms with van der Waals surface area (Å²) in [4.78, 5) is 24.9. The average molecular weight is 413 g/mol. The largest absolute Gasteiger partial charge is 0.494 e. The van der Waals surface area contributed by atoms with Crippen LogP contribution in [0.15, 0.2) is 72.8 Å². The summed E-state index contributed by atoms with van der Waals surface area (Å²) in [6.07, 6.45) is 0. The SMILES string of the molecule is CCOc1ccc(-n2c(C)c(C(=O)c3ccccc3)c3cc(OC(C)=O)ccc32)cc1. The first kappa shape index (κ1) is 20.4. The zero-order valence-electron chi connectivity index (χ0n) is 17.7. The molecule has 0 aliphatic carbocycles. The molecular weight excluding hydrogens is 390 g/mol. The van der Waals surface area contributed by atoms with E-state index in [-0.39, 0.29) is 5.78 Å². The minimum absolute atomic E-state index is 0.0761. The van der Waals surface area contributed by atoms with Crippen molar-refractivity contribution in [2.24, 2.45) is 0 Å². The molecule has 0 saturated carbocycles. The van der Waals surface area contributed by atoms with E-state index in [1.54, 1.807) is 24.3 Å². The van der Waals surface area contributed by atoms with Gasteiger partial charge in [0.15, 0.2) is 5.78 Å². The number of carbonyl (C=O) groups excluding carboxylic acids is 2. The van der Waals surface area contributed by atoms with E-state index < -0.39 is 5.97 Å². The lowest BCUT2D eigenvalue weighted by molar-refractivity contribution is -0.131. The van der Waals surface area contributed by atoms with Gasteiger partial charge in [0.25, 0.3) is 0 Å². The number of rotatable bonds is 6. The predicted octanol–water partition coefficient (Wildman–Crippen LogP) is 5.49. The van der Waals surface area contributed by atoms with Crippen LogP contribution in [0.5, 0.6) is 11.5 Å². The minimum Gasteiger partial charge on any atom is -0.494 e. The Bertz CT molecular complexity index is 1250. The Morgan fingerprint density at radius 1 is 0.903 bits per heavy atom. The lowest BCUT2D eigenvalue weighted by Gasteiger charge is -2.10. The number of esters is 1. The summed E-state index contributed by atoms with van der Waals surface area (Å²) in [6, 6.07) is 22.3. The normalized spacial score (nSPS) is 10.8. The molecule has 0 atom stereocenters. The molecular formula is C26H23NO4. The molecule has 5 heteroatoms. The molecule has 0 fully saturated rings. The summed E-state index contributed by atoms with van der Waals surface area (Å²) in [7, 11) is 0. The number of ketones is 1. The zero-order chi connectivity index (χ0) is 22.0. The highest BCUT2D eigenvalue weighted by Gasteiger charge is 2.22. The van der Waals surface area contributed by atoms with Crippen LogP contribution in [-0.4, -0.2) is 22.9 Å². The molecule has 0 amide bonds. The van der Waals surface area contributed by atoms with E-state index in [0.29, 0.717) is 23.5 Å². The van der Waals surface area contributed by atoms with Gasteiger partial charge in [-0.15, -0.1) is 0 Å². The summed E-state index contributed by atoms with van der Waals surface area (Å²) in [5.41, 5.74) is 3.78. The van der Waals surface area contributed by atoms with Crippen molar-refractivity contribution < 1.29 is 19.1 Å². The highest BCUT2D eigenvalue weighted by Crippen LogP contribution is 2.34. The molecule has 0 aliphatic heterocycles. The summed E-state index contributed by atoms with van der Waals surface area (Å²) < 4.78 is 12.9. The number of benzene rings is 3. The van der Waals surface area contributed by atoms with Gasteiger partial charge < -0.3 is 14.0 Å². The molecule has 0 N–H and O–H groups in total. The highest BCUT2D eigenvalue weighted by molar-refractivity contribution is 6.18. The maximum Gasteiger partial charge on any atom is 0.308 e. The zero-order valence-corrected chi connectivity index (χ0v) is 17.7. The van der Waals surface area contributed by atoms with Crippen molar-refractivity contribution in [3.05, 3.63) is 89.6 Å². The third-order valence-corrected chi connectivity index (χ3v) is 5.11. The van der Waals surface area contributed by atoms with Crippen LogP contribution in [-0.2, 0) is 4.79 Å². The van der Waals surface area contributed by atoms with Crippen molar-refractivity contribution in [2.75, 3.05) is 6.61 Å². The molecule has 3 aromatic carbocycles. The van der Waals surface area contributed by atoms with Gasteiger partial charge in [-0.2, -0.15) is 0 Å². The topological polar surface area (TPSA) is 57.5 Å². The predicted molar refractivity (Wildman–Crippen MR) is 120 cm³/mol. The fourth-order valence-electron chi connectivity index (χ4n) is 3.84. The molecule has 1 aromatic heterocycles. The number of nitrogens with zero attached hydrogens (tertiary/aromatic N) is 1. The number of carbonyl (C=O) groups is 2. The van der Waals surface area contributed by atoms with E-state index in [2.05, 4.69) is 0 Å². The van der Waals surface area contributed by atoms with Gasteiger partial charge in [0.2, 0.25) is 0 Å². The summed E-state index contributed by atoms with van der Waals surface area (Å²) >= 11 is 0. The maximum atomic E-state index is 13.5. The van der Waals surface area contributed by atoms with E-state index in [1.807, 2.05) is 66.9 Å². The fourth-order valence-corrected chi connectivity index (χ4v) is 3.84. The Morgan fingerprint density at radius 2 is 1.58 bits per heavy atom. The monoisotopic (exact) mass is 413 g/mol. The van der Waals surface area contributed by atoms with Crippen molar-refractivity contribution in [3.63, 3.8) is 0 Å². The average Bonchev–Trinajstić information content (AvgIpc) is 3.05. The van der Waals surface area contributed by atoms with Gasteiger partial charge in [-0.3, -0.25) is 9.59 Å². The van der Waals surface area contributed by atoms with E-state index in [1.165, 1.54) is 6.92 Å². The van der Waals surface area contributed by atoms with Crippen molar-refractivity contribution in [1.82, 2.24) is 4.57 Å². The van der Waals surface area contributed by atoms with E-state index in [9.17, 15) is 9.59 Å². The van der Waals surface area contributed by atoms with Crippen molar-refractivity contribution in [1.29, 1.82) is 0 Å². The van der Waals surface area contributed by atoms with Crippen LogP contribution in [0.3, 0.4) is 0 Å². The Morgan fingerprint density at radius 3 is 2.23 bits per heavy atom. The second kappa shape index (κ2) is 8.48. The molecule has 1 heterocycles. The second-order valence-electron chi connectivity index (χ2n) is 7.19. The van der Waals surface area contributed by atoms with E-state index in [4.69, 9.17) is 9.47 Å². The number of hydrogen-bond acceptors (Lipinski definition) is 4. The van der Waals surface area contributed by atoms with Crippen molar-refractivity contribution in [3.8, 4) is 17.2 Å². The smallest absolute Gasteiger partial charge is 0.308 e. The Kier molecular flexibility index (Phi) is 5.58. The summed E-state index contributed by atoms with van der Waals surface area (Å²) in [6.45, 7) is 5.83. The first-order valence-corrected chi connectivity index (χ1v) is 10.2. The van der Waals surface area contributed by atoms with Gasteiger partial charge in [-0.05, 0) is 56.3 Å². The van der Waals surface area contributed by atoms with Crippen LogP contribution in [0.4, 0.5) is 0 Å². The first-order valence-electron chi connectivity index (χ1n) is 10.2. The Labute approximate surface area is 180 Å². The van der Waals surface area contributed by atoms with Crippen LogP contribution < -0.4 is 9.47 Å². The van der Waals surface area contributed by atoms with Crippen molar-refractivity contribution in [2.45, 2.75) is 20.8 Å². The molecule has 0 spiro atoms. The quantitative estimate of drug-likeness (QED) is 0.238. The number of ether oxygens (including phenoxy) is 2. The molecule has 0 bridgehead atoms. The Balaban J connectivity index is 1.93. The maximum absolute atomic E-state index is 13.5. The summed E-state index contributed by atoms with van der Waals surface area (Å²) in [5, 5.41) is 0.735. The van der Waals surface area contributed by atoms with Gasteiger partial charge >= 0.3 is 5.97 Å². The highest BCUT2D eigenvalue weighted by atomic mass is 16.5. The van der Waals surface area contributed by atoms with Crippen LogP contribution in [0.25, 0.3) is 16.6 Å². The fraction of sp³-hybridized carbons (Fsp3) is 0.154. The van der Waals surface area contributed by atoms with Gasteiger partial charge in [0.1, 0.15) is 11.5 Å². The number of fused-ring (bicyclic) bond motifs is 1. The van der Waals surface area contributed by atoms with Gasteiger partial charge in [-0.1, -0.05) is 30.3 Å². The lowest BCUT2D eigenvalue weighted by atomic mass is 10.0. The molecule has 0 unspecified atom stereocenters. The van der Waals surface area contributed by atoms with E-state index in [0.717, 1.165) is 28.0 Å². The van der Waals surface area contributed by atoms with Crippen LogP contribution >= 0.6 is 0 Å². The van der Waals surface area contributed by atoms with Crippen LogP contribution in [0.1, 0.15) is 35.5 Å². The molecule has 31 heavy (non-hydrogen) atoms. The van der Waals surface area contributed by atoms with Crippen LogP contribution in [0, 0.1) is 6.92 Å². The Hall–Kier alpha value is -3.86. The van der Waals surface area contributed by atoms with E-state index >= 15 is 0 Å². The first-order chi connectivity index (χ1) is 15.0. The van der Waals surface area contributed by atoms with Crippen molar-refractivity contribution >= 4 is 22.7 Å². The third kappa shape index (κ3) is 3.94. The molecule has 0 aliphatic rings. The van der Waals surface area contributed by atoms with Crippen LogP contribution in [0.2, 0.25) is 0 Å². The lowest BCUT2D eigenvalue weighted by Crippen LogP contribution is -2.04. The number of hydrogen-bond donors (Lipinski definition) is 0. The van der Waals surface area contributed by atoms with Gasteiger partial charge in [0, 0.05) is 29.3 Å². The summed E-state index contributed by atoms with van der Waals surface area (Å²) in [5.74, 6) is 0.717. The van der Waals surface area contributed by atoms with Gasteiger partial charge in [-0.25, -0.2) is 0 Å². The molecule has 0 radical (unpaired) electrons. The molecule has 0 saturated heterocycles.